The number of piperidine rings is 1. The molecule has 0 unspecified atom stereocenters. The molecule has 1 aliphatic carbocycles. The molecule has 0 aromatic carbocycles. The smallest absolute Gasteiger partial charge is 0.224 e. The Hall–Kier alpha value is -1.73. The van der Waals surface area contributed by atoms with Crippen LogP contribution in [0.15, 0.2) is 6.33 Å². The number of amides is 1. The lowest BCUT2D eigenvalue weighted by Gasteiger charge is -2.33. The number of nitrogens with one attached hydrogen (secondary N) is 1. The van der Waals surface area contributed by atoms with Crippen molar-refractivity contribution in [1.29, 1.82) is 0 Å². The zero-order chi connectivity index (χ0) is 18.6. The molecular weight excluding hydrogens is 360 g/mol. The van der Waals surface area contributed by atoms with Gasteiger partial charge in [-0.1, -0.05) is 0 Å². The lowest BCUT2D eigenvalue weighted by atomic mass is 9.95. The second-order valence-corrected chi connectivity index (χ2v) is 8.59. The average Bonchev–Trinajstić information content (AvgIpc) is 3.10. The average molecular weight is 389 g/mol. The van der Waals surface area contributed by atoms with Crippen molar-refractivity contribution in [2.45, 2.75) is 44.9 Å². The van der Waals surface area contributed by atoms with Gasteiger partial charge in [0.25, 0.3) is 0 Å². The maximum atomic E-state index is 12.6. The number of carbonyl (C=O) groups excluding carboxylic acids is 1. The Morgan fingerprint density at radius 3 is 3.11 bits per heavy atom. The Labute approximate surface area is 164 Å². The molecule has 0 saturated carbocycles. The van der Waals surface area contributed by atoms with Gasteiger partial charge in [0.2, 0.25) is 5.91 Å². The summed E-state index contributed by atoms with van der Waals surface area (Å²) in [6.45, 7) is 3.06. The maximum absolute atomic E-state index is 12.6. The molecule has 146 valence electrons. The number of carbonyl (C=O) groups is 1. The van der Waals surface area contributed by atoms with Gasteiger partial charge in [0.15, 0.2) is 0 Å². The summed E-state index contributed by atoms with van der Waals surface area (Å²) >= 11 is 1.83. The van der Waals surface area contributed by atoms with Gasteiger partial charge in [0.1, 0.15) is 17.0 Å². The van der Waals surface area contributed by atoms with Crippen molar-refractivity contribution in [3.05, 3.63) is 16.8 Å². The van der Waals surface area contributed by atoms with Crippen LogP contribution in [0.1, 0.15) is 42.5 Å². The van der Waals surface area contributed by atoms with Gasteiger partial charge in [-0.05, 0) is 50.5 Å². The van der Waals surface area contributed by atoms with Crippen molar-refractivity contribution in [2.24, 2.45) is 5.92 Å². The van der Waals surface area contributed by atoms with Crippen LogP contribution in [-0.4, -0.2) is 49.2 Å². The highest BCUT2D eigenvalue weighted by Gasteiger charge is 2.29. The number of rotatable bonds is 6. The first-order valence-corrected chi connectivity index (χ1v) is 10.9. The Balaban J connectivity index is 1.51. The Morgan fingerprint density at radius 1 is 1.33 bits per heavy atom. The maximum Gasteiger partial charge on any atom is 0.224 e. The molecular formula is C20H28N4O2S. The van der Waals surface area contributed by atoms with Crippen LogP contribution in [0.25, 0.3) is 10.2 Å². The number of thiophene rings is 1. The third-order valence-corrected chi connectivity index (χ3v) is 6.85. The topological polar surface area (TPSA) is 67.3 Å². The summed E-state index contributed by atoms with van der Waals surface area (Å²) in [7, 11) is 1.69. The van der Waals surface area contributed by atoms with E-state index in [1.807, 2.05) is 11.3 Å². The molecule has 2 aliphatic rings. The third kappa shape index (κ3) is 3.94. The number of hydrogen-bond donors (Lipinski definition) is 1. The monoisotopic (exact) mass is 388 g/mol. The lowest BCUT2D eigenvalue weighted by Crippen LogP contribution is -2.43. The molecule has 3 heterocycles. The molecule has 27 heavy (non-hydrogen) atoms. The van der Waals surface area contributed by atoms with E-state index in [0.29, 0.717) is 13.2 Å². The molecule has 6 nitrogen and oxygen atoms in total. The predicted molar refractivity (Wildman–Crippen MR) is 108 cm³/mol. The largest absolute Gasteiger partial charge is 0.385 e. The number of fused-ring (bicyclic) bond motifs is 3. The van der Waals surface area contributed by atoms with E-state index >= 15 is 0 Å². The lowest BCUT2D eigenvalue weighted by molar-refractivity contribution is -0.125. The summed E-state index contributed by atoms with van der Waals surface area (Å²) in [4.78, 5) is 26.7. The van der Waals surface area contributed by atoms with Gasteiger partial charge in [-0.3, -0.25) is 4.79 Å². The quantitative estimate of drug-likeness (QED) is 0.771. The standard InChI is InChI=1S/C20H28N4O2S/c1-26-11-5-9-21-19(25)14-6-4-10-24(12-14)18-17-15-7-2-3-8-16(15)27-20(17)23-13-22-18/h13-14H,2-12H2,1H3,(H,21,25)/t14-/m1/s1. The van der Waals surface area contributed by atoms with Crippen molar-refractivity contribution in [2.75, 3.05) is 38.3 Å². The fraction of sp³-hybridized carbons (Fsp3) is 0.650. The van der Waals surface area contributed by atoms with Crippen molar-refractivity contribution in [3.63, 3.8) is 0 Å². The first-order valence-electron chi connectivity index (χ1n) is 10.0. The number of nitrogens with zero attached hydrogens (tertiary/aromatic N) is 3. The number of aromatic nitrogens is 2. The van der Waals surface area contributed by atoms with Gasteiger partial charge >= 0.3 is 0 Å². The van der Waals surface area contributed by atoms with Crippen molar-refractivity contribution in [1.82, 2.24) is 15.3 Å². The van der Waals surface area contributed by atoms with E-state index in [4.69, 9.17) is 4.74 Å². The normalized spacial score (nSPS) is 19.9. The summed E-state index contributed by atoms with van der Waals surface area (Å²) in [5.41, 5.74) is 1.46. The highest BCUT2D eigenvalue weighted by molar-refractivity contribution is 7.19. The number of methoxy groups -OCH3 is 1. The second kappa shape index (κ2) is 8.52. The number of aryl methyl sites for hydroxylation is 2. The molecule has 0 bridgehead atoms. The molecule has 1 fully saturated rings. The highest BCUT2D eigenvalue weighted by Crippen LogP contribution is 2.40. The molecule has 2 aromatic heterocycles. The van der Waals surface area contributed by atoms with E-state index in [9.17, 15) is 4.79 Å². The SMILES string of the molecule is COCCCNC(=O)[C@@H]1CCCN(c2ncnc3sc4c(c23)CCCC4)C1. The number of anilines is 1. The molecule has 0 radical (unpaired) electrons. The molecule has 2 aromatic rings. The van der Waals surface area contributed by atoms with E-state index in [0.717, 1.165) is 49.4 Å². The van der Waals surface area contributed by atoms with Gasteiger partial charge in [0, 0.05) is 38.2 Å². The molecule has 1 amide bonds. The molecule has 1 saturated heterocycles. The second-order valence-electron chi connectivity index (χ2n) is 7.51. The summed E-state index contributed by atoms with van der Waals surface area (Å²) in [5.74, 6) is 1.23. The van der Waals surface area contributed by atoms with Crippen LogP contribution in [-0.2, 0) is 22.4 Å². The fourth-order valence-electron chi connectivity index (χ4n) is 4.27. The van der Waals surface area contributed by atoms with Crippen molar-refractivity contribution < 1.29 is 9.53 Å². The van der Waals surface area contributed by atoms with Crippen molar-refractivity contribution in [3.8, 4) is 0 Å². The van der Waals surface area contributed by atoms with Crippen LogP contribution < -0.4 is 10.2 Å². The van der Waals surface area contributed by atoms with Crippen LogP contribution in [0, 0.1) is 5.92 Å². The minimum atomic E-state index is 0.0285. The van der Waals surface area contributed by atoms with E-state index < -0.39 is 0 Å². The minimum Gasteiger partial charge on any atom is -0.385 e. The molecule has 0 spiro atoms. The van der Waals surface area contributed by atoms with Crippen LogP contribution >= 0.6 is 11.3 Å². The first kappa shape index (κ1) is 18.6. The van der Waals surface area contributed by atoms with Gasteiger partial charge in [-0.25, -0.2) is 9.97 Å². The molecule has 1 atom stereocenters. The zero-order valence-corrected chi connectivity index (χ0v) is 16.8. The van der Waals surface area contributed by atoms with E-state index in [-0.39, 0.29) is 11.8 Å². The predicted octanol–water partition coefficient (Wildman–Crippen LogP) is 2.94. The van der Waals surface area contributed by atoms with Gasteiger partial charge in [-0.2, -0.15) is 0 Å². The minimum absolute atomic E-state index is 0.0285. The zero-order valence-electron chi connectivity index (χ0n) is 16.0. The van der Waals surface area contributed by atoms with Gasteiger partial charge < -0.3 is 15.0 Å². The van der Waals surface area contributed by atoms with E-state index in [1.165, 1.54) is 35.1 Å². The Kier molecular flexibility index (Phi) is 5.88. The molecule has 4 rings (SSSR count). The fourth-order valence-corrected chi connectivity index (χ4v) is 5.49. The summed E-state index contributed by atoms with van der Waals surface area (Å²) in [5, 5.41) is 4.31. The molecule has 7 heteroatoms. The molecule has 1 N–H and O–H groups in total. The summed E-state index contributed by atoms with van der Waals surface area (Å²) < 4.78 is 5.05. The Bertz CT molecular complexity index is 807. The van der Waals surface area contributed by atoms with Crippen LogP contribution in [0.4, 0.5) is 5.82 Å². The number of hydrogen-bond acceptors (Lipinski definition) is 6. The third-order valence-electron chi connectivity index (χ3n) is 5.65. The number of ether oxygens (including phenoxy) is 1. The van der Waals surface area contributed by atoms with Gasteiger partial charge in [0.05, 0.1) is 11.3 Å². The van der Waals surface area contributed by atoms with Crippen molar-refractivity contribution >= 4 is 33.3 Å². The summed E-state index contributed by atoms with van der Waals surface area (Å²) in [6.07, 6.45) is 9.34. The molecule has 1 aliphatic heterocycles. The summed E-state index contributed by atoms with van der Waals surface area (Å²) in [6, 6.07) is 0. The highest BCUT2D eigenvalue weighted by atomic mass is 32.1. The first-order chi connectivity index (χ1) is 13.3. The Morgan fingerprint density at radius 2 is 2.22 bits per heavy atom. The van der Waals surface area contributed by atoms with E-state index in [2.05, 4.69) is 20.2 Å². The van der Waals surface area contributed by atoms with Gasteiger partial charge in [-0.15, -0.1) is 11.3 Å². The van der Waals surface area contributed by atoms with E-state index in [1.54, 1.807) is 13.4 Å². The van der Waals surface area contributed by atoms with Crippen LogP contribution in [0.5, 0.6) is 0 Å². The van der Waals surface area contributed by atoms with Crippen LogP contribution in [0.3, 0.4) is 0 Å². The van der Waals surface area contributed by atoms with Crippen LogP contribution in [0.2, 0.25) is 0 Å².